The van der Waals surface area contributed by atoms with Gasteiger partial charge in [0.15, 0.2) is 5.65 Å². The molecule has 0 unspecified atom stereocenters. The zero-order valence-electron chi connectivity index (χ0n) is 17.0. The van der Waals surface area contributed by atoms with Gasteiger partial charge < -0.3 is 10.3 Å². The summed E-state index contributed by atoms with van der Waals surface area (Å²) in [7, 11) is 0. The summed E-state index contributed by atoms with van der Waals surface area (Å²) < 4.78 is 0. The molecule has 0 bridgehead atoms. The van der Waals surface area contributed by atoms with Gasteiger partial charge in [0.2, 0.25) is 0 Å². The first-order valence-corrected chi connectivity index (χ1v) is 10.2. The van der Waals surface area contributed by atoms with Crippen LogP contribution < -0.4 is 16.6 Å². The molecule has 5 aromatic rings. The average Bonchev–Trinajstić information content (AvgIpc) is 3.25. The number of rotatable bonds is 6. The molecule has 32 heavy (non-hydrogen) atoms. The molecular formula is C24H20N6O2. The number of hydrogen-bond donors (Lipinski definition) is 4. The lowest BCUT2D eigenvalue weighted by molar-refractivity contribution is 0.848. The zero-order valence-corrected chi connectivity index (χ0v) is 17.0. The molecular weight excluding hydrogens is 404 g/mol. The van der Waals surface area contributed by atoms with Crippen molar-refractivity contribution in [3.63, 3.8) is 0 Å². The molecule has 0 aliphatic carbocycles. The largest absolute Gasteiger partial charge is 0.369 e. The number of nitrogens with one attached hydrogen (secondary N) is 4. The average molecular weight is 424 g/mol. The Morgan fingerprint density at radius 2 is 1.50 bits per heavy atom. The minimum Gasteiger partial charge on any atom is -0.369 e. The highest BCUT2D eigenvalue weighted by atomic mass is 16.2. The smallest absolute Gasteiger partial charge is 0.327 e. The second kappa shape index (κ2) is 8.35. The van der Waals surface area contributed by atoms with E-state index in [1.807, 2.05) is 48.5 Å². The first-order chi connectivity index (χ1) is 15.7. The Bertz CT molecular complexity index is 1410. The van der Waals surface area contributed by atoms with E-state index in [0.29, 0.717) is 17.9 Å². The standard InChI is InChI=1S/C24H20N6O2/c31-23-20-22(29-24(32)30-23)28-21(27-20)17-11-12-19(25-13-17)26-14-18(15-7-3-1-4-8-15)16-9-5-2-6-10-16/h1-13,18H,14H2,(H,25,26)(H3,27,28,29,30,31,32). The number of anilines is 1. The molecule has 2 aromatic carbocycles. The second-order valence-electron chi connectivity index (χ2n) is 7.40. The van der Waals surface area contributed by atoms with Crippen LogP contribution in [0, 0.1) is 0 Å². The maximum absolute atomic E-state index is 11.9. The predicted molar refractivity (Wildman–Crippen MR) is 124 cm³/mol. The van der Waals surface area contributed by atoms with Crippen LogP contribution in [0.15, 0.2) is 88.6 Å². The molecule has 3 heterocycles. The van der Waals surface area contributed by atoms with Crippen molar-refractivity contribution in [2.75, 3.05) is 11.9 Å². The summed E-state index contributed by atoms with van der Waals surface area (Å²) in [5.41, 5.74) is 2.48. The lowest BCUT2D eigenvalue weighted by Gasteiger charge is -2.19. The van der Waals surface area contributed by atoms with Crippen molar-refractivity contribution < 1.29 is 0 Å². The minimum absolute atomic E-state index is 0.179. The monoisotopic (exact) mass is 424 g/mol. The molecule has 0 amide bonds. The minimum atomic E-state index is -0.593. The molecule has 3 aromatic heterocycles. The molecule has 0 radical (unpaired) electrons. The molecule has 0 aliphatic heterocycles. The van der Waals surface area contributed by atoms with Gasteiger partial charge in [0, 0.05) is 24.2 Å². The molecule has 0 fully saturated rings. The third-order valence-electron chi connectivity index (χ3n) is 5.32. The highest BCUT2D eigenvalue weighted by Crippen LogP contribution is 2.25. The third kappa shape index (κ3) is 3.93. The van der Waals surface area contributed by atoms with Crippen LogP contribution in [0.4, 0.5) is 5.82 Å². The van der Waals surface area contributed by atoms with Gasteiger partial charge in [-0.05, 0) is 23.3 Å². The Morgan fingerprint density at radius 3 is 2.12 bits per heavy atom. The fourth-order valence-corrected chi connectivity index (χ4v) is 3.71. The molecule has 8 nitrogen and oxygen atoms in total. The normalized spacial score (nSPS) is 11.2. The van der Waals surface area contributed by atoms with Crippen LogP contribution in [0.25, 0.3) is 22.6 Å². The van der Waals surface area contributed by atoms with Crippen LogP contribution >= 0.6 is 0 Å². The molecule has 4 N–H and O–H groups in total. The maximum Gasteiger partial charge on any atom is 0.327 e. The summed E-state index contributed by atoms with van der Waals surface area (Å²) in [5.74, 6) is 1.36. The van der Waals surface area contributed by atoms with E-state index in [1.165, 1.54) is 11.1 Å². The Kier molecular flexibility index (Phi) is 5.09. The highest BCUT2D eigenvalue weighted by molar-refractivity contribution is 5.74. The van der Waals surface area contributed by atoms with Crippen LogP contribution in [0.5, 0.6) is 0 Å². The summed E-state index contributed by atoms with van der Waals surface area (Å²) in [6.07, 6.45) is 1.67. The van der Waals surface area contributed by atoms with Gasteiger partial charge in [0.25, 0.3) is 5.56 Å². The van der Waals surface area contributed by atoms with Crippen molar-refractivity contribution in [2.45, 2.75) is 5.92 Å². The van der Waals surface area contributed by atoms with Crippen LogP contribution in [-0.2, 0) is 0 Å². The van der Waals surface area contributed by atoms with E-state index in [4.69, 9.17) is 0 Å². The molecule has 0 atom stereocenters. The van der Waals surface area contributed by atoms with E-state index in [0.717, 1.165) is 5.82 Å². The summed E-state index contributed by atoms with van der Waals surface area (Å²) in [4.78, 5) is 39.8. The number of fused-ring (bicyclic) bond motifs is 1. The summed E-state index contributed by atoms with van der Waals surface area (Å²) >= 11 is 0. The molecule has 0 saturated carbocycles. The Labute approximate surface area is 182 Å². The van der Waals surface area contributed by atoms with E-state index >= 15 is 0 Å². The fourth-order valence-electron chi connectivity index (χ4n) is 3.71. The number of imidazole rings is 1. The first-order valence-electron chi connectivity index (χ1n) is 10.2. The van der Waals surface area contributed by atoms with E-state index in [9.17, 15) is 9.59 Å². The molecule has 0 aliphatic rings. The summed E-state index contributed by atoms with van der Waals surface area (Å²) in [6.45, 7) is 0.682. The van der Waals surface area contributed by atoms with E-state index in [-0.39, 0.29) is 17.1 Å². The molecule has 8 heteroatoms. The lowest BCUT2D eigenvalue weighted by Crippen LogP contribution is -2.21. The number of aromatic nitrogens is 5. The van der Waals surface area contributed by atoms with Gasteiger partial charge in [-0.25, -0.2) is 14.8 Å². The summed E-state index contributed by atoms with van der Waals surface area (Å²) in [5, 5.41) is 3.42. The van der Waals surface area contributed by atoms with Crippen molar-refractivity contribution in [1.82, 2.24) is 24.9 Å². The number of hydrogen-bond acceptors (Lipinski definition) is 5. The molecule has 5 rings (SSSR count). The molecule has 0 spiro atoms. The van der Waals surface area contributed by atoms with E-state index in [1.54, 1.807) is 6.20 Å². The highest BCUT2D eigenvalue weighted by Gasteiger charge is 2.14. The third-order valence-corrected chi connectivity index (χ3v) is 5.32. The predicted octanol–water partition coefficient (Wildman–Crippen LogP) is 3.25. The van der Waals surface area contributed by atoms with Crippen molar-refractivity contribution in [1.29, 1.82) is 0 Å². The molecule has 158 valence electrons. The number of nitrogens with zero attached hydrogens (tertiary/aromatic N) is 2. The van der Waals surface area contributed by atoms with Crippen molar-refractivity contribution >= 4 is 17.0 Å². The number of benzene rings is 2. The fraction of sp³-hybridized carbons (Fsp3) is 0.0833. The van der Waals surface area contributed by atoms with Gasteiger partial charge in [-0.2, -0.15) is 0 Å². The van der Waals surface area contributed by atoms with E-state index < -0.39 is 11.2 Å². The Morgan fingerprint density at radius 1 is 0.812 bits per heavy atom. The van der Waals surface area contributed by atoms with Gasteiger partial charge in [-0.15, -0.1) is 0 Å². The van der Waals surface area contributed by atoms with Crippen LogP contribution in [-0.4, -0.2) is 31.5 Å². The number of pyridine rings is 1. The van der Waals surface area contributed by atoms with Crippen molar-refractivity contribution in [3.8, 4) is 11.4 Å². The number of H-pyrrole nitrogens is 3. The van der Waals surface area contributed by atoms with Gasteiger partial charge in [-0.3, -0.25) is 14.8 Å². The Balaban J connectivity index is 1.37. The first kappa shape index (κ1) is 19.5. The van der Waals surface area contributed by atoms with Crippen LogP contribution in [0.3, 0.4) is 0 Å². The van der Waals surface area contributed by atoms with Gasteiger partial charge in [-0.1, -0.05) is 60.7 Å². The zero-order chi connectivity index (χ0) is 21.9. The van der Waals surface area contributed by atoms with Crippen molar-refractivity contribution in [3.05, 3.63) is 111 Å². The van der Waals surface area contributed by atoms with Gasteiger partial charge >= 0.3 is 5.69 Å². The second-order valence-corrected chi connectivity index (χ2v) is 7.40. The summed E-state index contributed by atoms with van der Waals surface area (Å²) in [6, 6.07) is 24.4. The quantitative estimate of drug-likeness (QED) is 0.334. The van der Waals surface area contributed by atoms with E-state index in [2.05, 4.69) is 54.5 Å². The molecule has 0 saturated heterocycles. The topological polar surface area (TPSA) is 119 Å². The van der Waals surface area contributed by atoms with Crippen molar-refractivity contribution in [2.24, 2.45) is 0 Å². The maximum atomic E-state index is 11.9. The Hall–Kier alpha value is -4.46. The van der Waals surface area contributed by atoms with Crippen LogP contribution in [0.1, 0.15) is 17.0 Å². The SMILES string of the molecule is O=c1[nH]c(=O)c2[nH]c(-c3ccc(NCC(c4ccccc4)c4ccccc4)nc3)nc2[nH]1. The van der Waals surface area contributed by atoms with Gasteiger partial charge in [0.05, 0.1) is 0 Å². The van der Waals surface area contributed by atoms with Crippen LogP contribution in [0.2, 0.25) is 0 Å². The number of aromatic amines is 3. The lowest BCUT2D eigenvalue weighted by atomic mass is 9.91. The van der Waals surface area contributed by atoms with Gasteiger partial charge in [0.1, 0.15) is 17.2 Å².